The third-order valence-corrected chi connectivity index (χ3v) is 6.01. The van der Waals surface area contributed by atoms with Crippen LogP contribution in [-0.2, 0) is 19.5 Å². The van der Waals surface area contributed by atoms with Crippen molar-refractivity contribution in [3.63, 3.8) is 0 Å². The molecule has 0 N–H and O–H groups in total. The zero-order chi connectivity index (χ0) is 17.7. The van der Waals surface area contributed by atoms with Crippen molar-refractivity contribution in [2.75, 3.05) is 4.43 Å². The predicted octanol–water partition coefficient (Wildman–Crippen LogP) is 4.40. The van der Waals surface area contributed by atoms with Crippen molar-refractivity contribution in [2.45, 2.75) is 25.9 Å². The number of benzene rings is 2. The zero-order valence-electron chi connectivity index (χ0n) is 14.3. The Hall–Kier alpha value is -2.15. The molecule has 1 aliphatic heterocycles. The summed E-state index contributed by atoms with van der Waals surface area (Å²) in [5.74, 6) is 0.819. The minimum absolute atomic E-state index is 0.0712. The molecule has 0 saturated heterocycles. The first-order chi connectivity index (χ1) is 12.8. The van der Waals surface area contributed by atoms with Gasteiger partial charge >= 0.3 is 0 Å². The van der Waals surface area contributed by atoms with Gasteiger partial charge in [-0.1, -0.05) is 52.9 Å². The lowest BCUT2D eigenvalue weighted by Gasteiger charge is -2.21. The number of halogens is 1. The lowest BCUT2D eigenvalue weighted by Crippen LogP contribution is -2.28. The smallest absolute Gasteiger partial charge is 0.261 e. The van der Waals surface area contributed by atoms with E-state index in [0.29, 0.717) is 11.9 Å². The van der Waals surface area contributed by atoms with Gasteiger partial charge < -0.3 is 4.57 Å². The molecule has 0 bridgehead atoms. The molecule has 5 rings (SSSR count). The third-order valence-electron chi connectivity index (χ3n) is 5.25. The van der Waals surface area contributed by atoms with E-state index in [-0.39, 0.29) is 5.56 Å². The SMILES string of the molecule is O=c1c2ccccc2nc2n1CCc1c-2n(CCCI)c2ccccc12. The summed E-state index contributed by atoms with van der Waals surface area (Å²) in [6, 6.07) is 16.2. The molecule has 0 spiro atoms. The molecule has 1 aliphatic rings. The van der Waals surface area contributed by atoms with Crippen LogP contribution in [-0.4, -0.2) is 18.5 Å². The Kier molecular flexibility index (Phi) is 3.85. The highest BCUT2D eigenvalue weighted by molar-refractivity contribution is 14.1. The summed E-state index contributed by atoms with van der Waals surface area (Å²) >= 11 is 2.42. The maximum absolute atomic E-state index is 13.0. The summed E-state index contributed by atoms with van der Waals surface area (Å²) in [5, 5.41) is 2.00. The number of para-hydroxylation sites is 2. The first-order valence-corrected chi connectivity index (χ1v) is 10.5. The molecule has 26 heavy (non-hydrogen) atoms. The number of hydrogen-bond acceptors (Lipinski definition) is 2. The van der Waals surface area contributed by atoms with Crippen LogP contribution < -0.4 is 5.56 Å². The van der Waals surface area contributed by atoms with Crippen LogP contribution in [0.25, 0.3) is 33.3 Å². The number of alkyl halides is 1. The molecule has 0 saturated carbocycles. The maximum atomic E-state index is 13.0. The molecule has 2 aromatic carbocycles. The molecule has 0 atom stereocenters. The number of fused-ring (bicyclic) bond motifs is 6. The van der Waals surface area contributed by atoms with Crippen molar-refractivity contribution in [1.82, 2.24) is 14.1 Å². The molecular formula is C21H18IN3O. The van der Waals surface area contributed by atoms with Gasteiger partial charge in [-0.25, -0.2) is 4.98 Å². The quantitative estimate of drug-likeness (QED) is 0.340. The van der Waals surface area contributed by atoms with Crippen LogP contribution in [0, 0.1) is 0 Å². The van der Waals surface area contributed by atoms with Gasteiger partial charge in [0.25, 0.3) is 5.56 Å². The van der Waals surface area contributed by atoms with Crippen molar-refractivity contribution in [1.29, 1.82) is 0 Å². The van der Waals surface area contributed by atoms with Gasteiger partial charge in [0, 0.05) is 28.4 Å². The molecule has 130 valence electrons. The second kappa shape index (κ2) is 6.23. The number of rotatable bonds is 3. The monoisotopic (exact) mass is 455 g/mol. The summed E-state index contributed by atoms with van der Waals surface area (Å²) in [5.41, 5.74) is 4.56. The standard InChI is InChI=1S/C21H18IN3O/c22-11-5-12-24-18-9-4-2-6-14(18)15-10-13-25-20(19(15)24)23-17-8-3-1-7-16(17)21(25)26/h1-4,6-9H,5,10-13H2. The second-order valence-electron chi connectivity index (χ2n) is 6.70. The average molecular weight is 455 g/mol. The fraction of sp³-hybridized carbons (Fsp3) is 0.238. The van der Waals surface area contributed by atoms with Crippen LogP contribution in [0.1, 0.15) is 12.0 Å². The summed E-state index contributed by atoms with van der Waals surface area (Å²) in [7, 11) is 0. The van der Waals surface area contributed by atoms with Gasteiger partial charge in [0.1, 0.15) is 0 Å². The van der Waals surface area contributed by atoms with Gasteiger partial charge in [-0.05, 0) is 36.6 Å². The fourth-order valence-electron chi connectivity index (χ4n) is 4.11. The van der Waals surface area contributed by atoms with E-state index in [1.165, 1.54) is 16.5 Å². The number of hydrogen-bond donors (Lipinski definition) is 0. The van der Waals surface area contributed by atoms with E-state index in [1.54, 1.807) is 0 Å². The molecule has 3 heterocycles. The van der Waals surface area contributed by atoms with Gasteiger partial charge in [0.05, 0.1) is 16.6 Å². The van der Waals surface area contributed by atoms with Crippen LogP contribution >= 0.6 is 22.6 Å². The minimum Gasteiger partial charge on any atom is -0.338 e. The lowest BCUT2D eigenvalue weighted by molar-refractivity contribution is 0.631. The summed E-state index contributed by atoms with van der Waals surface area (Å²) in [4.78, 5) is 18.0. The number of aromatic nitrogens is 3. The Balaban J connectivity index is 1.88. The normalized spacial score (nSPS) is 13.1. The van der Waals surface area contributed by atoms with Crippen LogP contribution in [0.5, 0.6) is 0 Å². The Labute approximate surface area is 164 Å². The van der Waals surface area contributed by atoms with E-state index in [1.807, 2.05) is 28.8 Å². The molecule has 0 fully saturated rings. The topological polar surface area (TPSA) is 39.8 Å². The third kappa shape index (κ3) is 2.26. The van der Waals surface area contributed by atoms with Gasteiger partial charge in [-0.3, -0.25) is 9.36 Å². The highest BCUT2D eigenvalue weighted by atomic mass is 127. The van der Waals surface area contributed by atoms with Gasteiger partial charge in [-0.15, -0.1) is 0 Å². The van der Waals surface area contributed by atoms with Crippen LogP contribution in [0.2, 0.25) is 0 Å². The molecule has 0 aliphatic carbocycles. The van der Waals surface area contributed by atoms with Crippen molar-refractivity contribution >= 4 is 44.4 Å². The van der Waals surface area contributed by atoms with Crippen molar-refractivity contribution < 1.29 is 0 Å². The Morgan fingerprint density at radius 3 is 2.65 bits per heavy atom. The van der Waals surface area contributed by atoms with E-state index < -0.39 is 0 Å². The van der Waals surface area contributed by atoms with Crippen LogP contribution in [0.3, 0.4) is 0 Å². The molecule has 4 nitrogen and oxygen atoms in total. The molecule has 2 aromatic heterocycles. The van der Waals surface area contributed by atoms with Crippen LogP contribution in [0.15, 0.2) is 53.3 Å². The van der Waals surface area contributed by atoms with E-state index >= 15 is 0 Å². The fourth-order valence-corrected chi connectivity index (χ4v) is 4.45. The Morgan fingerprint density at radius 1 is 1.04 bits per heavy atom. The molecule has 0 unspecified atom stereocenters. The maximum Gasteiger partial charge on any atom is 0.261 e. The Bertz CT molecular complexity index is 1210. The number of nitrogens with zero attached hydrogens (tertiary/aromatic N) is 3. The molecule has 4 aromatic rings. The summed E-state index contributed by atoms with van der Waals surface area (Å²) in [6.45, 7) is 1.64. The summed E-state index contributed by atoms with van der Waals surface area (Å²) < 4.78 is 5.34. The van der Waals surface area contributed by atoms with Crippen molar-refractivity contribution in [3.05, 3.63) is 64.4 Å². The van der Waals surface area contributed by atoms with Crippen LogP contribution in [0.4, 0.5) is 0 Å². The van der Waals surface area contributed by atoms with Crippen molar-refractivity contribution in [3.8, 4) is 11.5 Å². The molecule has 0 radical (unpaired) electrons. The highest BCUT2D eigenvalue weighted by Crippen LogP contribution is 2.36. The largest absolute Gasteiger partial charge is 0.338 e. The predicted molar refractivity (Wildman–Crippen MR) is 114 cm³/mol. The molecule has 0 amide bonds. The first-order valence-electron chi connectivity index (χ1n) is 8.95. The van der Waals surface area contributed by atoms with E-state index in [2.05, 4.69) is 51.4 Å². The second-order valence-corrected chi connectivity index (χ2v) is 7.78. The molecule has 5 heteroatoms. The van der Waals surface area contributed by atoms with Gasteiger partial charge in [0.15, 0.2) is 5.82 Å². The Morgan fingerprint density at radius 2 is 1.81 bits per heavy atom. The lowest BCUT2D eigenvalue weighted by atomic mass is 10.0. The van der Waals surface area contributed by atoms with Gasteiger partial charge in [0.2, 0.25) is 0 Å². The van der Waals surface area contributed by atoms with E-state index in [0.717, 1.165) is 40.8 Å². The molecular weight excluding hydrogens is 437 g/mol. The number of aryl methyl sites for hydroxylation is 2. The van der Waals surface area contributed by atoms with E-state index in [4.69, 9.17) is 4.98 Å². The van der Waals surface area contributed by atoms with Crippen molar-refractivity contribution in [2.24, 2.45) is 0 Å². The summed E-state index contributed by atoms with van der Waals surface area (Å²) in [6.07, 6.45) is 1.98. The minimum atomic E-state index is 0.0712. The zero-order valence-corrected chi connectivity index (χ0v) is 16.4. The average Bonchev–Trinajstić information content (AvgIpc) is 3.01. The van der Waals surface area contributed by atoms with Gasteiger partial charge in [-0.2, -0.15) is 0 Å². The van der Waals surface area contributed by atoms with E-state index in [9.17, 15) is 4.79 Å². The first kappa shape index (κ1) is 16.1. The highest BCUT2D eigenvalue weighted by Gasteiger charge is 2.26.